The third kappa shape index (κ3) is 6.43. The van der Waals surface area contributed by atoms with Crippen LogP contribution in [0.4, 0.5) is 26.3 Å². The Morgan fingerprint density at radius 3 is 2.00 bits per heavy atom. The van der Waals surface area contributed by atoms with Crippen LogP contribution in [0, 0.1) is 5.92 Å². The molecule has 0 aliphatic carbocycles. The average molecular weight is 346 g/mol. The van der Waals surface area contributed by atoms with Gasteiger partial charge in [0.15, 0.2) is 0 Å². The lowest BCUT2D eigenvalue weighted by atomic mass is 10.1. The van der Waals surface area contributed by atoms with E-state index in [2.05, 4.69) is 15.9 Å². The highest BCUT2D eigenvalue weighted by atomic mass is 79.9. The van der Waals surface area contributed by atoms with Gasteiger partial charge in [-0.1, -0.05) is 15.9 Å². The summed E-state index contributed by atoms with van der Waals surface area (Å²) >= 11 is 3.00. The van der Waals surface area contributed by atoms with Crippen LogP contribution in [0.2, 0.25) is 0 Å². The van der Waals surface area contributed by atoms with Crippen molar-refractivity contribution in [2.24, 2.45) is 5.92 Å². The van der Waals surface area contributed by atoms with E-state index in [9.17, 15) is 31.1 Å². The minimum atomic E-state index is -5.67. The zero-order valence-corrected chi connectivity index (χ0v) is 10.5. The number of alkyl halides is 7. The van der Waals surface area contributed by atoms with Gasteiger partial charge in [0.25, 0.3) is 0 Å². The molecule has 0 saturated heterocycles. The maximum absolute atomic E-state index is 12.1. The summed E-state index contributed by atoms with van der Waals surface area (Å²) in [4.78, 5) is 10.9. The lowest BCUT2D eigenvalue weighted by molar-refractivity contribution is -0.274. The molecule has 0 spiro atoms. The van der Waals surface area contributed by atoms with Crippen LogP contribution in [0.15, 0.2) is 0 Å². The molecule has 108 valence electrons. The molecule has 0 heterocycles. The fourth-order valence-corrected chi connectivity index (χ4v) is 1.22. The van der Waals surface area contributed by atoms with Crippen molar-refractivity contribution in [1.82, 2.24) is 5.32 Å². The molecule has 0 aromatic heterocycles. The molecular weight excluding hydrogens is 336 g/mol. The number of hydrogen-bond donors (Lipinski definition) is 1. The van der Waals surface area contributed by atoms with E-state index in [4.69, 9.17) is 4.74 Å². The van der Waals surface area contributed by atoms with Crippen LogP contribution in [-0.4, -0.2) is 43.3 Å². The molecule has 0 atom stereocenters. The molecule has 0 saturated carbocycles. The molecule has 18 heavy (non-hydrogen) atoms. The molecule has 0 fully saturated rings. The number of halogens is 7. The van der Waals surface area contributed by atoms with Gasteiger partial charge in [0.05, 0.1) is 13.2 Å². The van der Waals surface area contributed by atoms with Gasteiger partial charge in [0.1, 0.15) is 0 Å². The highest BCUT2D eigenvalue weighted by Gasteiger charge is 2.60. The summed E-state index contributed by atoms with van der Waals surface area (Å²) in [6.07, 6.45) is -11.3. The maximum atomic E-state index is 12.1. The first-order chi connectivity index (χ1) is 8.10. The Kier molecular flexibility index (Phi) is 6.97. The molecular formula is C8H10BrF6NO2. The van der Waals surface area contributed by atoms with Crippen LogP contribution in [0.25, 0.3) is 0 Å². The Morgan fingerprint density at radius 2 is 1.61 bits per heavy atom. The number of rotatable bonds is 6. The zero-order valence-electron chi connectivity index (χ0n) is 8.87. The Labute approximate surface area is 107 Å². The summed E-state index contributed by atoms with van der Waals surface area (Å²) in [6.45, 7) is -0.355. The molecule has 1 N–H and O–H groups in total. The summed E-state index contributed by atoms with van der Waals surface area (Å²) in [5.41, 5.74) is 0. The van der Waals surface area contributed by atoms with E-state index in [0.29, 0.717) is 5.33 Å². The second-order valence-corrected chi connectivity index (χ2v) is 3.90. The summed E-state index contributed by atoms with van der Waals surface area (Å²) < 4.78 is 77.2. The van der Waals surface area contributed by atoms with Gasteiger partial charge in [-0.3, -0.25) is 4.79 Å². The largest absolute Gasteiger partial charge is 0.409 e. The third-order valence-corrected chi connectivity index (χ3v) is 2.01. The zero-order chi connectivity index (χ0) is 14.4. The van der Waals surface area contributed by atoms with Gasteiger partial charge in [-0.2, -0.15) is 26.3 Å². The van der Waals surface area contributed by atoms with Gasteiger partial charge < -0.3 is 10.1 Å². The quantitative estimate of drug-likeness (QED) is 0.455. The number of carbonyl (C=O) groups is 1. The second kappa shape index (κ2) is 7.17. The first kappa shape index (κ1) is 17.5. The molecule has 0 aliphatic rings. The number of amides is 1. The van der Waals surface area contributed by atoms with Gasteiger partial charge in [0, 0.05) is 11.9 Å². The first-order valence-electron chi connectivity index (χ1n) is 4.65. The Hall–Kier alpha value is -0.510. The van der Waals surface area contributed by atoms with E-state index in [1.807, 2.05) is 0 Å². The number of nitrogens with one attached hydrogen (secondary N) is 1. The molecule has 0 aromatic rings. The summed E-state index contributed by atoms with van der Waals surface area (Å²) in [5.74, 6) is -6.14. The second-order valence-electron chi connectivity index (χ2n) is 3.11. The van der Waals surface area contributed by atoms with E-state index in [1.165, 1.54) is 5.32 Å². The molecule has 1 amide bonds. The Morgan fingerprint density at radius 1 is 1.11 bits per heavy atom. The maximum Gasteiger partial charge on any atom is 0.409 e. The van der Waals surface area contributed by atoms with Crippen LogP contribution in [0.1, 0.15) is 0 Å². The van der Waals surface area contributed by atoms with Crippen LogP contribution < -0.4 is 5.32 Å². The van der Waals surface area contributed by atoms with Gasteiger partial charge in [-0.25, -0.2) is 0 Å². The van der Waals surface area contributed by atoms with Crippen molar-refractivity contribution in [2.75, 3.05) is 25.1 Å². The van der Waals surface area contributed by atoms with Gasteiger partial charge in [-0.15, -0.1) is 0 Å². The average Bonchev–Trinajstić information content (AvgIpc) is 2.12. The summed E-state index contributed by atoms with van der Waals surface area (Å²) in [7, 11) is 0. The predicted molar refractivity (Wildman–Crippen MR) is 53.2 cm³/mol. The molecule has 0 aromatic carbocycles. The highest BCUT2D eigenvalue weighted by Crippen LogP contribution is 2.39. The smallest absolute Gasteiger partial charge is 0.379 e. The summed E-state index contributed by atoms with van der Waals surface area (Å²) in [6, 6.07) is 0. The van der Waals surface area contributed by atoms with E-state index in [0.717, 1.165) is 0 Å². The minimum absolute atomic E-state index is 0.167. The Bertz CT molecular complexity index is 253. The van der Waals surface area contributed by atoms with Crippen molar-refractivity contribution in [3.8, 4) is 0 Å². The van der Waals surface area contributed by atoms with Gasteiger partial charge in [-0.05, 0) is 0 Å². The van der Waals surface area contributed by atoms with E-state index < -0.39 is 30.7 Å². The molecule has 10 heteroatoms. The van der Waals surface area contributed by atoms with Crippen LogP contribution >= 0.6 is 15.9 Å². The Balaban J connectivity index is 4.34. The predicted octanol–water partition coefficient (Wildman–Crippen LogP) is 2.25. The van der Waals surface area contributed by atoms with Crippen LogP contribution in [-0.2, 0) is 9.53 Å². The van der Waals surface area contributed by atoms with Crippen molar-refractivity contribution < 1.29 is 35.9 Å². The van der Waals surface area contributed by atoms with Gasteiger partial charge in [0.2, 0.25) is 11.8 Å². The van der Waals surface area contributed by atoms with Crippen molar-refractivity contribution in [3.05, 3.63) is 0 Å². The van der Waals surface area contributed by atoms with Crippen molar-refractivity contribution >= 4 is 21.8 Å². The van der Waals surface area contributed by atoms with Crippen molar-refractivity contribution in [3.63, 3.8) is 0 Å². The van der Waals surface area contributed by atoms with E-state index >= 15 is 0 Å². The number of ether oxygens (including phenoxy) is 1. The van der Waals surface area contributed by atoms with Gasteiger partial charge >= 0.3 is 12.4 Å². The lowest BCUT2D eigenvalue weighted by Crippen LogP contribution is -2.48. The first-order valence-corrected chi connectivity index (χ1v) is 5.77. The fraction of sp³-hybridized carbons (Fsp3) is 0.875. The minimum Gasteiger partial charge on any atom is -0.379 e. The van der Waals surface area contributed by atoms with E-state index in [-0.39, 0.29) is 13.2 Å². The molecule has 0 bridgehead atoms. The third-order valence-electron chi connectivity index (χ3n) is 1.68. The topological polar surface area (TPSA) is 38.3 Å². The fourth-order valence-electron chi connectivity index (χ4n) is 0.988. The lowest BCUT2D eigenvalue weighted by Gasteiger charge is -2.21. The van der Waals surface area contributed by atoms with Crippen LogP contribution in [0.5, 0.6) is 0 Å². The standard InChI is InChI=1S/C8H10BrF6NO2/c9-1-3-18-4-2-16-6(17)5(7(10,11)12)8(13,14)15/h5H,1-4H2,(H,16,17). The monoisotopic (exact) mass is 345 g/mol. The van der Waals surface area contributed by atoms with Crippen molar-refractivity contribution in [1.29, 1.82) is 0 Å². The number of carbonyl (C=O) groups excluding carboxylic acids is 1. The molecule has 0 radical (unpaired) electrons. The molecule has 0 rings (SSSR count). The molecule has 0 unspecified atom stereocenters. The SMILES string of the molecule is O=C(NCCOCCBr)C(C(F)(F)F)C(F)(F)F. The number of hydrogen-bond acceptors (Lipinski definition) is 2. The normalized spacial score (nSPS) is 12.9. The van der Waals surface area contributed by atoms with Crippen molar-refractivity contribution in [2.45, 2.75) is 12.4 Å². The van der Waals surface area contributed by atoms with Crippen LogP contribution in [0.3, 0.4) is 0 Å². The summed E-state index contributed by atoms with van der Waals surface area (Å²) in [5, 5.41) is 2.00. The van der Waals surface area contributed by atoms with E-state index in [1.54, 1.807) is 0 Å². The highest BCUT2D eigenvalue weighted by molar-refractivity contribution is 9.09. The molecule has 3 nitrogen and oxygen atoms in total. The molecule has 0 aliphatic heterocycles.